The van der Waals surface area contributed by atoms with Crippen molar-refractivity contribution in [1.29, 1.82) is 0 Å². The predicted molar refractivity (Wildman–Crippen MR) is 124 cm³/mol. The highest BCUT2D eigenvalue weighted by atomic mass is 19.1. The lowest BCUT2D eigenvalue weighted by Gasteiger charge is -2.30. The molecule has 2 aromatic rings. The van der Waals surface area contributed by atoms with Crippen molar-refractivity contribution in [3.05, 3.63) is 78.0 Å². The molecule has 2 heterocycles. The van der Waals surface area contributed by atoms with Crippen LogP contribution in [0.5, 0.6) is 0 Å². The van der Waals surface area contributed by atoms with Crippen molar-refractivity contribution in [2.45, 2.75) is 33.1 Å². The second-order valence-electron chi connectivity index (χ2n) is 7.84. The summed E-state index contributed by atoms with van der Waals surface area (Å²) in [6, 6.07) is 10.5. The molecule has 0 radical (unpaired) electrons. The average Bonchev–Trinajstić information content (AvgIpc) is 2.73. The van der Waals surface area contributed by atoms with Crippen molar-refractivity contribution < 1.29 is 4.39 Å². The number of allylic oxidation sites excluding steroid dienone is 3. The second kappa shape index (κ2) is 10.8. The van der Waals surface area contributed by atoms with Gasteiger partial charge >= 0.3 is 0 Å². The van der Waals surface area contributed by atoms with E-state index >= 15 is 0 Å². The van der Waals surface area contributed by atoms with Crippen LogP contribution in [0, 0.1) is 11.7 Å². The standard InChI is InChI=1S/C25H31FN4/c1-4-8-24(20-9-6-13-27-17-20)29-25(21-10-7-14-30(3)18-21)15-19(2)28-23-12-5-11-22(26)16-23/h5-6,8-9,11-13,15-17,21,28H,4,7,10,14,18H2,1-3H3/b19-15+,24-8+,29-25-. The predicted octanol–water partition coefficient (Wildman–Crippen LogP) is 5.77. The molecule has 1 aliphatic rings. The van der Waals surface area contributed by atoms with Gasteiger partial charge in [-0.2, -0.15) is 0 Å². The van der Waals surface area contributed by atoms with Gasteiger partial charge in [0.05, 0.1) is 5.70 Å². The maximum Gasteiger partial charge on any atom is 0.125 e. The first-order valence-corrected chi connectivity index (χ1v) is 10.6. The van der Waals surface area contributed by atoms with Crippen LogP contribution in [0.25, 0.3) is 5.70 Å². The van der Waals surface area contributed by atoms with Gasteiger partial charge in [0.15, 0.2) is 0 Å². The number of aliphatic imine (C=N–C) groups is 1. The summed E-state index contributed by atoms with van der Waals surface area (Å²) >= 11 is 0. The minimum absolute atomic E-state index is 0.250. The van der Waals surface area contributed by atoms with Crippen LogP contribution in [-0.2, 0) is 0 Å². The maximum absolute atomic E-state index is 13.6. The van der Waals surface area contributed by atoms with Crippen LogP contribution in [0.2, 0.25) is 0 Å². The third-order valence-corrected chi connectivity index (χ3v) is 5.18. The van der Waals surface area contributed by atoms with Crippen molar-refractivity contribution in [3.63, 3.8) is 0 Å². The van der Waals surface area contributed by atoms with Crippen molar-refractivity contribution in [2.24, 2.45) is 10.9 Å². The van der Waals surface area contributed by atoms with Crippen LogP contribution in [0.3, 0.4) is 0 Å². The fourth-order valence-corrected chi connectivity index (χ4v) is 3.78. The van der Waals surface area contributed by atoms with Crippen LogP contribution in [-0.4, -0.2) is 35.7 Å². The number of rotatable bonds is 7. The topological polar surface area (TPSA) is 40.5 Å². The lowest BCUT2D eigenvalue weighted by atomic mass is 9.92. The number of hydrogen-bond acceptors (Lipinski definition) is 4. The van der Waals surface area contributed by atoms with E-state index in [1.807, 2.05) is 31.3 Å². The summed E-state index contributed by atoms with van der Waals surface area (Å²) in [4.78, 5) is 11.7. The van der Waals surface area contributed by atoms with E-state index in [9.17, 15) is 4.39 Å². The number of nitrogens with one attached hydrogen (secondary N) is 1. The van der Waals surface area contributed by atoms with E-state index in [-0.39, 0.29) is 5.82 Å². The molecule has 1 atom stereocenters. The summed E-state index contributed by atoms with van der Waals surface area (Å²) in [5, 5.41) is 3.30. The van der Waals surface area contributed by atoms with E-state index in [0.29, 0.717) is 5.92 Å². The molecule has 1 aliphatic heterocycles. The quantitative estimate of drug-likeness (QED) is 0.594. The largest absolute Gasteiger partial charge is 0.359 e. The number of pyridine rings is 1. The van der Waals surface area contributed by atoms with E-state index in [0.717, 1.165) is 60.7 Å². The number of aromatic nitrogens is 1. The number of hydrogen-bond donors (Lipinski definition) is 1. The van der Waals surface area contributed by atoms with Gasteiger partial charge in [0.1, 0.15) is 5.82 Å². The first kappa shape index (κ1) is 21.9. The summed E-state index contributed by atoms with van der Waals surface area (Å²) in [6.07, 6.45) is 11.1. The lowest BCUT2D eigenvalue weighted by molar-refractivity contribution is 0.247. The van der Waals surface area contributed by atoms with Crippen molar-refractivity contribution in [2.75, 3.05) is 25.5 Å². The Kier molecular flexibility index (Phi) is 7.91. The number of piperidine rings is 1. The molecule has 1 N–H and O–H groups in total. The van der Waals surface area contributed by atoms with Crippen LogP contribution < -0.4 is 5.32 Å². The van der Waals surface area contributed by atoms with Gasteiger partial charge in [-0.05, 0) is 76.2 Å². The Labute approximate surface area is 179 Å². The molecular weight excluding hydrogens is 375 g/mol. The molecule has 0 aliphatic carbocycles. The molecule has 5 heteroatoms. The molecule has 3 rings (SSSR count). The SMILES string of the molecule is CC/C=C(/N=C(/C=C(\C)Nc1cccc(F)c1)C1CCCN(C)C1)c1cccnc1. The van der Waals surface area contributed by atoms with Gasteiger partial charge in [0.25, 0.3) is 0 Å². The van der Waals surface area contributed by atoms with Gasteiger partial charge in [-0.15, -0.1) is 0 Å². The molecule has 1 aromatic heterocycles. The highest BCUT2D eigenvalue weighted by Crippen LogP contribution is 2.23. The highest BCUT2D eigenvalue weighted by molar-refractivity contribution is 6.01. The summed E-state index contributed by atoms with van der Waals surface area (Å²) in [5.74, 6) is 0.102. The maximum atomic E-state index is 13.6. The number of anilines is 1. The molecule has 158 valence electrons. The Bertz CT molecular complexity index is 918. The van der Waals surface area contributed by atoms with Gasteiger partial charge in [0, 0.05) is 47.5 Å². The van der Waals surface area contributed by atoms with Crippen molar-refractivity contribution >= 4 is 17.1 Å². The summed E-state index contributed by atoms with van der Waals surface area (Å²) in [6.45, 7) is 6.22. The van der Waals surface area contributed by atoms with Gasteiger partial charge in [-0.1, -0.05) is 19.1 Å². The van der Waals surface area contributed by atoms with Gasteiger partial charge in [0.2, 0.25) is 0 Å². The van der Waals surface area contributed by atoms with Gasteiger partial charge in [-0.3, -0.25) is 9.98 Å². The highest BCUT2D eigenvalue weighted by Gasteiger charge is 2.22. The molecule has 1 fully saturated rings. The van der Waals surface area contributed by atoms with E-state index in [1.54, 1.807) is 12.3 Å². The van der Waals surface area contributed by atoms with Crippen LogP contribution >= 0.6 is 0 Å². The minimum atomic E-state index is -0.250. The minimum Gasteiger partial charge on any atom is -0.359 e. The van der Waals surface area contributed by atoms with Gasteiger partial charge < -0.3 is 10.2 Å². The summed E-state index contributed by atoms with van der Waals surface area (Å²) < 4.78 is 13.6. The molecule has 0 saturated carbocycles. The monoisotopic (exact) mass is 406 g/mol. The molecule has 0 amide bonds. The zero-order valence-electron chi connectivity index (χ0n) is 18.1. The Morgan fingerprint density at radius 3 is 2.90 bits per heavy atom. The molecular formula is C25H31FN4. The fraction of sp³-hybridized carbons (Fsp3) is 0.360. The third-order valence-electron chi connectivity index (χ3n) is 5.18. The van der Waals surface area contributed by atoms with Crippen LogP contribution in [0.1, 0.15) is 38.7 Å². The second-order valence-corrected chi connectivity index (χ2v) is 7.84. The smallest absolute Gasteiger partial charge is 0.125 e. The van der Waals surface area contributed by atoms with E-state index in [1.165, 1.54) is 12.1 Å². The Morgan fingerprint density at radius 2 is 2.20 bits per heavy atom. The molecule has 1 unspecified atom stereocenters. The first-order chi connectivity index (χ1) is 14.5. The number of halogens is 1. The average molecular weight is 407 g/mol. The van der Waals surface area contributed by atoms with E-state index in [2.05, 4.69) is 41.3 Å². The van der Waals surface area contributed by atoms with Gasteiger partial charge in [-0.25, -0.2) is 4.39 Å². The molecule has 1 aromatic carbocycles. The third kappa shape index (κ3) is 6.36. The van der Waals surface area contributed by atoms with E-state index < -0.39 is 0 Å². The normalized spacial score (nSPS) is 19.1. The molecule has 0 spiro atoms. The molecule has 0 bridgehead atoms. The van der Waals surface area contributed by atoms with Crippen molar-refractivity contribution in [3.8, 4) is 0 Å². The molecule has 4 nitrogen and oxygen atoms in total. The van der Waals surface area contributed by atoms with E-state index in [4.69, 9.17) is 4.99 Å². The fourth-order valence-electron chi connectivity index (χ4n) is 3.78. The first-order valence-electron chi connectivity index (χ1n) is 10.6. The van der Waals surface area contributed by atoms with Crippen LogP contribution in [0.4, 0.5) is 10.1 Å². The zero-order valence-corrected chi connectivity index (χ0v) is 18.1. The molecule has 30 heavy (non-hydrogen) atoms. The number of nitrogens with zero attached hydrogens (tertiary/aromatic N) is 3. The Hall–Kier alpha value is -2.79. The Morgan fingerprint density at radius 1 is 1.33 bits per heavy atom. The summed E-state index contributed by atoms with van der Waals surface area (Å²) in [7, 11) is 2.16. The zero-order chi connectivity index (χ0) is 21.3. The Balaban J connectivity index is 1.94. The number of likely N-dealkylation sites (tertiary alicyclic amines) is 1. The number of benzene rings is 1. The lowest BCUT2D eigenvalue weighted by Crippen LogP contribution is -2.35. The summed E-state index contributed by atoms with van der Waals surface area (Å²) in [5.41, 5.74) is 4.69. The van der Waals surface area contributed by atoms with Crippen molar-refractivity contribution in [1.82, 2.24) is 9.88 Å². The molecule has 1 saturated heterocycles. The van der Waals surface area contributed by atoms with Crippen LogP contribution in [0.15, 0.2) is 71.6 Å².